The van der Waals surface area contributed by atoms with Crippen molar-refractivity contribution in [2.24, 2.45) is 5.73 Å². The third kappa shape index (κ3) is 2.30. The van der Waals surface area contributed by atoms with Gasteiger partial charge in [-0.3, -0.25) is 0 Å². The summed E-state index contributed by atoms with van der Waals surface area (Å²) in [7, 11) is 0. The Morgan fingerprint density at radius 1 is 1.31 bits per heavy atom. The normalized spacial score (nSPS) is 12.8. The molecule has 5 heteroatoms. The second-order valence-corrected chi connectivity index (χ2v) is 6.16. The molecule has 0 aliphatic heterocycles. The number of thiophene rings is 1. The maximum absolute atomic E-state index is 13.6. The van der Waals surface area contributed by atoms with E-state index in [1.54, 1.807) is 12.1 Å². The van der Waals surface area contributed by atoms with Gasteiger partial charge in [0.15, 0.2) is 0 Å². The van der Waals surface area contributed by atoms with E-state index in [0.717, 1.165) is 8.66 Å². The van der Waals surface area contributed by atoms with Gasteiger partial charge in [0.05, 0.1) is 9.83 Å². The largest absolute Gasteiger partial charge is 0.319 e. The van der Waals surface area contributed by atoms with Crippen LogP contribution in [0.3, 0.4) is 0 Å². The summed E-state index contributed by atoms with van der Waals surface area (Å²) in [4.78, 5) is 0.874. The molecule has 0 saturated carbocycles. The highest BCUT2D eigenvalue weighted by molar-refractivity contribution is 9.11. The summed E-state index contributed by atoms with van der Waals surface area (Å²) in [5.74, 6) is -0.371. The van der Waals surface area contributed by atoms with Gasteiger partial charge in [0, 0.05) is 15.5 Å². The van der Waals surface area contributed by atoms with Gasteiger partial charge in [0.25, 0.3) is 0 Å². The van der Waals surface area contributed by atoms with Gasteiger partial charge in [-0.05, 0) is 40.2 Å². The van der Waals surface area contributed by atoms with Crippen molar-refractivity contribution < 1.29 is 4.39 Å². The Balaban J connectivity index is 2.45. The zero-order chi connectivity index (χ0) is 11.7. The van der Waals surface area contributed by atoms with Crippen molar-refractivity contribution in [2.45, 2.75) is 6.04 Å². The molecule has 2 aromatic rings. The summed E-state index contributed by atoms with van der Waals surface area (Å²) in [6, 6.07) is 7.80. The first kappa shape index (κ1) is 12.0. The number of benzene rings is 1. The molecule has 0 saturated heterocycles. The molecule has 2 N–H and O–H groups in total. The van der Waals surface area contributed by atoms with Crippen LogP contribution < -0.4 is 5.73 Å². The van der Waals surface area contributed by atoms with E-state index >= 15 is 0 Å². The average Bonchev–Trinajstić information content (AvgIpc) is 2.64. The average molecular weight is 321 g/mol. The predicted octanol–water partition coefficient (Wildman–Crippen LogP) is 4.35. The second kappa shape index (κ2) is 4.84. The Kier molecular flexibility index (Phi) is 3.64. The lowest BCUT2D eigenvalue weighted by atomic mass is 10.1. The van der Waals surface area contributed by atoms with Crippen molar-refractivity contribution in [1.82, 2.24) is 0 Å². The number of hydrogen-bond donors (Lipinski definition) is 1. The van der Waals surface area contributed by atoms with E-state index in [0.29, 0.717) is 10.6 Å². The molecule has 0 radical (unpaired) electrons. The van der Waals surface area contributed by atoms with Crippen LogP contribution in [0.5, 0.6) is 0 Å². The lowest BCUT2D eigenvalue weighted by Gasteiger charge is -2.12. The van der Waals surface area contributed by atoms with Gasteiger partial charge in [-0.1, -0.05) is 17.7 Å². The van der Waals surface area contributed by atoms with E-state index in [2.05, 4.69) is 15.9 Å². The molecule has 1 aromatic carbocycles. The molecule has 0 bridgehead atoms. The first-order valence-corrected chi connectivity index (χ1v) is 6.53. The fourth-order valence-corrected chi connectivity index (χ4v) is 3.16. The Morgan fingerprint density at radius 2 is 2.06 bits per heavy atom. The van der Waals surface area contributed by atoms with Crippen LogP contribution in [0.15, 0.2) is 34.1 Å². The van der Waals surface area contributed by atoms with Crippen LogP contribution >= 0.6 is 38.9 Å². The molecule has 84 valence electrons. The minimum atomic E-state index is -0.523. The van der Waals surface area contributed by atoms with E-state index in [1.807, 2.05) is 12.1 Å². The number of halogens is 3. The third-order valence-corrected chi connectivity index (χ3v) is 4.25. The number of rotatable bonds is 2. The lowest BCUT2D eigenvalue weighted by molar-refractivity contribution is 0.601. The van der Waals surface area contributed by atoms with E-state index in [1.165, 1.54) is 17.4 Å². The minimum absolute atomic E-state index is 0.346. The summed E-state index contributed by atoms with van der Waals surface area (Å²) < 4.78 is 14.6. The Bertz CT molecular complexity index is 494. The molecule has 2 rings (SSSR count). The minimum Gasteiger partial charge on any atom is -0.319 e. The van der Waals surface area contributed by atoms with E-state index in [4.69, 9.17) is 17.3 Å². The highest BCUT2D eigenvalue weighted by atomic mass is 79.9. The molecule has 1 heterocycles. The smallest absolute Gasteiger partial charge is 0.129 e. The van der Waals surface area contributed by atoms with Crippen LogP contribution in [0.4, 0.5) is 4.39 Å². The van der Waals surface area contributed by atoms with E-state index in [9.17, 15) is 4.39 Å². The first-order valence-electron chi connectivity index (χ1n) is 4.54. The van der Waals surface area contributed by atoms with E-state index < -0.39 is 6.04 Å². The van der Waals surface area contributed by atoms with Gasteiger partial charge in [-0.25, -0.2) is 4.39 Å². The van der Waals surface area contributed by atoms with Crippen molar-refractivity contribution in [3.05, 3.63) is 55.4 Å². The summed E-state index contributed by atoms with van der Waals surface area (Å²) in [5.41, 5.74) is 6.34. The van der Waals surface area contributed by atoms with Crippen LogP contribution in [0.25, 0.3) is 0 Å². The molecular formula is C11H8BrClFNS. The molecule has 0 fully saturated rings. The van der Waals surface area contributed by atoms with Crippen molar-refractivity contribution in [2.75, 3.05) is 0 Å². The maximum atomic E-state index is 13.6. The molecular weight excluding hydrogens is 313 g/mol. The first-order chi connectivity index (χ1) is 7.59. The van der Waals surface area contributed by atoms with Gasteiger partial charge in [-0.15, -0.1) is 11.3 Å². The van der Waals surface area contributed by atoms with Crippen LogP contribution in [0, 0.1) is 5.82 Å². The number of nitrogens with two attached hydrogens (primary N) is 1. The molecule has 1 atom stereocenters. The van der Waals surface area contributed by atoms with Gasteiger partial charge < -0.3 is 5.73 Å². The predicted molar refractivity (Wildman–Crippen MR) is 69.5 cm³/mol. The summed E-state index contributed by atoms with van der Waals surface area (Å²) in [6.45, 7) is 0. The SMILES string of the molecule is NC(c1ccc(Br)s1)c1c(F)cccc1Cl. The highest BCUT2D eigenvalue weighted by Crippen LogP contribution is 2.33. The number of hydrogen-bond acceptors (Lipinski definition) is 2. The highest BCUT2D eigenvalue weighted by Gasteiger charge is 2.18. The zero-order valence-corrected chi connectivity index (χ0v) is 11.2. The molecule has 0 spiro atoms. The molecule has 0 aliphatic rings. The monoisotopic (exact) mass is 319 g/mol. The zero-order valence-electron chi connectivity index (χ0n) is 8.08. The molecule has 1 aromatic heterocycles. The maximum Gasteiger partial charge on any atom is 0.129 e. The summed E-state index contributed by atoms with van der Waals surface area (Å²) in [5, 5.41) is 0.358. The van der Waals surface area contributed by atoms with Gasteiger partial charge in [0.1, 0.15) is 5.82 Å². The third-order valence-electron chi connectivity index (χ3n) is 2.21. The van der Waals surface area contributed by atoms with Gasteiger partial charge in [0.2, 0.25) is 0 Å². The topological polar surface area (TPSA) is 26.0 Å². The lowest BCUT2D eigenvalue weighted by Crippen LogP contribution is -2.12. The van der Waals surface area contributed by atoms with Crippen LogP contribution in [0.2, 0.25) is 5.02 Å². The van der Waals surface area contributed by atoms with E-state index in [-0.39, 0.29) is 5.82 Å². The van der Waals surface area contributed by atoms with Crippen molar-refractivity contribution >= 4 is 38.9 Å². The van der Waals surface area contributed by atoms with Crippen LogP contribution in [-0.2, 0) is 0 Å². The Morgan fingerprint density at radius 3 is 2.62 bits per heavy atom. The van der Waals surface area contributed by atoms with Crippen molar-refractivity contribution in [1.29, 1.82) is 0 Å². The summed E-state index contributed by atoms with van der Waals surface area (Å²) >= 11 is 10.8. The Labute approximate surface area is 110 Å². The van der Waals surface area contributed by atoms with Crippen molar-refractivity contribution in [3.63, 3.8) is 0 Å². The Hall–Kier alpha value is -0.420. The molecule has 0 aliphatic carbocycles. The standard InChI is InChI=1S/C11H8BrClFNS/c12-9-5-4-8(16-9)11(15)10-6(13)2-1-3-7(10)14/h1-5,11H,15H2. The second-order valence-electron chi connectivity index (χ2n) is 3.25. The van der Waals surface area contributed by atoms with Gasteiger partial charge in [-0.2, -0.15) is 0 Å². The van der Waals surface area contributed by atoms with Crippen LogP contribution in [-0.4, -0.2) is 0 Å². The van der Waals surface area contributed by atoms with Crippen LogP contribution in [0.1, 0.15) is 16.5 Å². The fraction of sp³-hybridized carbons (Fsp3) is 0.0909. The summed E-state index contributed by atoms with van der Waals surface area (Å²) in [6.07, 6.45) is 0. The van der Waals surface area contributed by atoms with Crippen molar-refractivity contribution in [3.8, 4) is 0 Å². The molecule has 1 unspecified atom stereocenters. The molecule has 0 amide bonds. The molecule has 1 nitrogen and oxygen atoms in total. The fourth-order valence-electron chi connectivity index (χ4n) is 1.45. The van der Waals surface area contributed by atoms with Gasteiger partial charge >= 0.3 is 0 Å². The molecule has 16 heavy (non-hydrogen) atoms. The quantitative estimate of drug-likeness (QED) is 0.874.